The van der Waals surface area contributed by atoms with E-state index in [-0.39, 0.29) is 5.97 Å². The van der Waals surface area contributed by atoms with Crippen molar-refractivity contribution in [2.24, 2.45) is 5.92 Å². The third kappa shape index (κ3) is 4.96. The molecule has 0 saturated carbocycles. The minimum Gasteiger partial charge on any atom is -0.461 e. The van der Waals surface area contributed by atoms with Crippen LogP contribution in [0.1, 0.15) is 25.8 Å². The van der Waals surface area contributed by atoms with Crippen molar-refractivity contribution in [3.8, 4) is 0 Å². The summed E-state index contributed by atoms with van der Waals surface area (Å²) in [6.45, 7) is 4.60. The van der Waals surface area contributed by atoms with Crippen LogP contribution in [0, 0.1) is 5.92 Å². The maximum Gasteiger partial charge on any atom is 0.307 e. The molecule has 2 nitrogen and oxygen atoms in total. The molecule has 1 rings (SSSR count). The zero-order valence-corrected chi connectivity index (χ0v) is 11.8. The maximum atomic E-state index is 11.5. The summed E-state index contributed by atoms with van der Waals surface area (Å²) in [5.74, 6) is 0.391. The van der Waals surface area contributed by atoms with Crippen LogP contribution in [-0.4, -0.2) is 9.89 Å². The molecule has 0 spiro atoms. The minimum atomic E-state index is -0.114. The van der Waals surface area contributed by atoms with E-state index in [1.807, 2.05) is 30.3 Å². The van der Waals surface area contributed by atoms with Crippen molar-refractivity contribution in [3.05, 3.63) is 35.9 Å². The summed E-state index contributed by atoms with van der Waals surface area (Å²) in [6, 6.07) is 9.75. The molecule has 1 aromatic carbocycles. The van der Waals surface area contributed by atoms with Gasteiger partial charge in [-0.3, -0.25) is 4.79 Å². The van der Waals surface area contributed by atoms with Crippen molar-refractivity contribution in [2.45, 2.75) is 30.8 Å². The summed E-state index contributed by atoms with van der Waals surface area (Å²) in [5.41, 5.74) is 1.03. The summed E-state index contributed by atoms with van der Waals surface area (Å²) in [5, 5.41) is 0. The normalized spacial score (nSPS) is 12.5. The molecule has 1 aromatic rings. The molecule has 0 heterocycles. The van der Waals surface area contributed by atoms with Gasteiger partial charge in [0.15, 0.2) is 0 Å². The van der Waals surface area contributed by atoms with Crippen LogP contribution in [0.3, 0.4) is 0 Å². The van der Waals surface area contributed by atoms with E-state index in [2.05, 4.69) is 36.4 Å². The van der Waals surface area contributed by atoms with Gasteiger partial charge in [-0.25, -0.2) is 0 Å². The largest absolute Gasteiger partial charge is 0.461 e. The fourth-order valence-electron chi connectivity index (χ4n) is 1.19. The number of esters is 1. The van der Waals surface area contributed by atoms with Crippen LogP contribution in [0.15, 0.2) is 30.3 Å². The number of carbonyl (C=O) groups is 1. The van der Waals surface area contributed by atoms with Gasteiger partial charge in [0.2, 0.25) is 0 Å². The van der Waals surface area contributed by atoms with Crippen molar-refractivity contribution in [3.63, 3.8) is 0 Å². The van der Waals surface area contributed by atoms with Crippen LogP contribution in [0.5, 0.6) is 0 Å². The first-order valence-electron chi connectivity index (χ1n) is 5.43. The molecule has 16 heavy (non-hydrogen) atoms. The Labute approximate surface area is 111 Å². The number of rotatable bonds is 5. The van der Waals surface area contributed by atoms with Gasteiger partial charge in [-0.2, -0.15) is 0 Å². The Hall–Kier alpha value is -0.580. The smallest absolute Gasteiger partial charge is 0.307 e. The number of alkyl halides is 1. The van der Waals surface area contributed by atoms with Gasteiger partial charge in [-0.1, -0.05) is 66.8 Å². The van der Waals surface area contributed by atoms with Crippen molar-refractivity contribution in [1.29, 1.82) is 0 Å². The van der Waals surface area contributed by atoms with Gasteiger partial charge in [-0.15, -0.1) is 0 Å². The van der Waals surface area contributed by atoms with E-state index in [0.29, 0.717) is 22.9 Å². The molecule has 0 aromatic heterocycles. The molecule has 0 N–H and O–H groups in total. The van der Waals surface area contributed by atoms with Gasteiger partial charge < -0.3 is 4.74 Å². The second-order valence-corrected chi connectivity index (χ2v) is 5.71. The van der Waals surface area contributed by atoms with Gasteiger partial charge in [0, 0.05) is 3.92 Å². The van der Waals surface area contributed by atoms with E-state index in [4.69, 9.17) is 4.74 Å². The molecular weight excluding hydrogens is 315 g/mol. The first-order chi connectivity index (χ1) is 7.59. The molecule has 3 heteroatoms. The Kier molecular flexibility index (Phi) is 5.80. The maximum absolute atomic E-state index is 11.5. The number of carbonyl (C=O) groups excluding carboxylic acids is 1. The fraction of sp³-hybridized carbons (Fsp3) is 0.462. The number of benzene rings is 1. The molecule has 0 aliphatic heterocycles. The van der Waals surface area contributed by atoms with Crippen LogP contribution >= 0.6 is 22.6 Å². The number of ether oxygens (including phenoxy) is 1. The average molecular weight is 332 g/mol. The third-order valence-electron chi connectivity index (χ3n) is 2.33. The molecule has 0 saturated heterocycles. The molecule has 0 bridgehead atoms. The number of hydrogen-bond acceptors (Lipinski definition) is 2. The summed E-state index contributed by atoms with van der Waals surface area (Å²) in [4.78, 5) is 11.5. The quantitative estimate of drug-likeness (QED) is 0.468. The molecule has 0 aliphatic rings. The Bertz CT molecular complexity index is 322. The highest BCUT2D eigenvalue weighted by atomic mass is 127. The highest BCUT2D eigenvalue weighted by Gasteiger charge is 2.14. The first kappa shape index (κ1) is 13.5. The molecular formula is C13H17IO2. The minimum absolute atomic E-state index is 0.114. The van der Waals surface area contributed by atoms with Gasteiger partial charge in [0.05, 0.1) is 6.42 Å². The van der Waals surface area contributed by atoms with Crippen molar-refractivity contribution in [2.75, 3.05) is 0 Å². The summed E-state index contributed by atoms with van der Waals surface area (Å²) in [7, 11) is 0. The van der Waals surface area contributed by atoms with Crippen LogP contribution in [-0.2, 0) is 16.1 Å². The number of halogens is 1. The van der Waals surface area contributed by atoms with Crippen molar-refractivity contribution in [1.82, 2.24) is 0 Å². The zero-order valence-electron chi connectivity index (χ0n) is 9.65. The van der Waals surface area contributed by atoms with Crippen LogP contribution in [0.2, 0.25) is 0 Å². The number of hydrogen-bond donors (Lipinski definition) is 0. The van der Waals surface area contributed by atoms with Crippen LogP contribution < -0.4 is 0 Å². The lowest BCUT2D eigenvalue weighted by Crippen LogP contribution is -2.15. The van der Waals surface area contributed by atoms with Crippen LogP contribution in [0.4, 0.5) is 0 Å². The lowest BCUT2D eigenvalue weighted by Gasteiger charge is -2.12. The third-order valence-corrected chi connectivity index (χ3v) is 4.21. The average Bonchev–Trinajstić information content (AvgIpc) is 2.27. The topological polar surface area (TPSA) is 26.3 Å². The van der Waals surface area contributed by atoms with Gasteiger partial charge >= 0.3 is 5.97 Å². The molecule has 88 valence electrons. The van der Waals surface area contributed by atoms with E-state index in [1.165, 1.54) is 0 Å². The van der Waals surface area contributed by atoms with Crippen molar-refractivity contribution >= 4 is 28.6 Å². The van der Waals surface area contributed by atoms with E-state index in [9.17, 15) is 4.79 Å². The Balaban J connectivity index is 2.31. The zero-order chi connectivity index (χ0) is 12.0. The Morgan fingerprint density at radius 2 is 1.94 bits per heavy atom. The van der Waals surface area contributed by atoms with Crippen molar-refractivity contribution < 1.29 is 9.53 Å². The molecule has 1 atom stereocenters. The predicted octanol–water partition coefficient (Wildman–Crippen LogP) is 3.58. The standard InChI is InChI=1S/C13H17IO2/c1-10(2)12(14)8-13(15)16-9-11-6-4-3-5-7-11/h3-7,10,12H,8-9H2,1-2H3. The summed E-state index contributed by atoms with van der Waals surface area (Å²) in [6.07, 6.45) is 0.491. The SMILES string of the molecule is CC(C)C(I)CC(=O)OCc1ccccc1. The van der Waals surface area contributed by atoms with E-state index in [1.54, 1.807) is 0 Å². The summed E-state index contributed by atoms with van der Waals surface area (Å²) >= 11 is 2.30. The monoisotopic (exact) mass is 332 g/mol. The van der Waals surface area contributed by atoms with Gasteiger partial charge in [-0.05, 0) is 11.5 Å². The van der Waals surface area contributed by atoms with E-state index >= 15 is 0 Å². The molecule has 0 radical (unpaired) electrons. The molecule has 1 unspecified atom stereocenters. The molecule has 0 fully saturated rings. The summed E-state index contributed by atoms with van der Waals surface area (Å²) < 4.78 is 5.55. The predicted molar refractivity (Wildman–Crippen MR) is 73.5 cm³/mol. The van der Waals surface area contributed by atoms with E-state index < -0.39 is 0 Å². The second-order valence-electron chi connectivity index (χ2n) is 4.11. The fourth-order valence-corrected chi connectivity index (χ4v) is 1.55. The lowest BCUT2D eigenvalue weighted by molar-refractivity contribution is -0.145. The Morgan fingerprint density at radius 3 is 2.50 bits per heavy atom. The first-order valence-corrected chi connectivity index (χ1v) is 6.67. The Morgan fingerprint density at radius 1 is 1.31 bits per heavy atom. The van der Waals surface area contributed by atoms with Gasteiger partial charge in [0.1, 0.15) is 6.61 Å². The second kappa shape index (κ2) is 6.89. The highest BCUT2D eigenvalue weighted by molar-refractivity contribution is 14.1. The van der Waals surface area contributed by atoms with E-state index in [0.717, 1.165) is 5.56 Å². The lowest BCUT2D eigenvalue weighted by atomic mass is 10.1. The van der Waals surface area contributed by atoms with Gasteiger partial charge in [0.25, 0.3) is 0 Å². The molecule has 0 aliphatic carbocycles. The highest BCUT2D eigenvalue weighted by Crippen LogP contribution is 2.17. The van der Waals surface area contributed by atoms with Crippen LogP contribution in [0.25, 0.3) is 0 Å². The molecule has 0 amide bonds.